The predicted octanol–water partition coefficient (Wildman–Crippen LogP) is 4.43. The summed E-state index contributed by atoms with van der Waals surface area (Å²) in [7, 11) is 2.04. The van der Waals surface area contributed by atoms with Crippen LogP contribution in [0.4, 0.5) is 5.69 Å². The zero-order valence-electron chi connectivity index (χ0n) is 15.3. The van der Waals surface area contributed by atoms with Gasteiger partial charge in [0.15, 0.2) is 0 Å². The fourth-order valence-electron chi connectivity index (χ4n) is 2.81. The lowest BCUT2D eigenvalue weighted by Gasteiger charge is -2.23. The van der Waals surface area contributed by atoms with Crippen LogP contribution in [-0.4, -0.2) is 22.8 Å². The second-order valence-corrected chi connectivity index (χ2v) is 6.51. The minimum Gasteiger partial charge on any atom is -0.468 e. The number of aromatic nitrogens is 1. The molecular weight excluding hydrogens is 326 g/mol. The van der Waals surface area contributed by atoms with Crippen LogP contribution in [0.5, 0.6) is 0 Å². The van der Waals surface area contributed by atoms with Crippen molar-refractivity contribution in [2.24, 2.45) is 0 Å². The van der Waals surface area contributed by atoms with E-state index in [2.05, 4.69) is 22.1 Å². The number of rotatable bonds is 6. The van der Waals surface area contributed by atoms with Crippen LogP contribution in [0.3, 0.4) is 0 Å². The number of nitrogens with zero attached hydrogens (tertiary/aromatic N) is 2. The van der Waals surface area contributed by atoms with E-state index in [1.165, 1.54) is 0 Å². The van der Waals surface area contributed by atoms with Crippen molar-refractivity contribution >= 4 is 11.6 Å². The molecule has 0 saturated heterocycles. The molecule has 3 aromatic rings. The maximum atomic E-state index is 12.5. The lowest BCUT2D eigenvalue weighted by molar-refractivity contribution is 0.102. The summed E-state index contributed by atoms with van der Waals surface area (Å²) < 4.78 is 5.48. The van der Waals surface area contributed by atoms with Crippen molar-refractivity contribution in [2.45, 2.75) is 26.4 Å². The summed E-state index contributed by atoms with van der Waals surface area (Å²) in [6.45, 7) is 4.76. The highest BCUT2D eigenvalue weighted by Crippen LogP contribution is 2.21. The normalized spacial score (nSPS) is 12.2. The Morgan fingerprint density at radius 1 is 1.23 bits per heavy atom. The first-order valence-corrected chi connectivity index (χ1v) is 8.58. The number of pyridine rings is 1. The van der Waals surface area contributed by atoms with Crippen molar-refractivity contribution in [1.82, 2.24) is 9.88 Å². The molecule has 0 saturated carbocycles. The number of amides is 1. The first-order chi connectivity index (χ1) is 12.5. The van der Waals surface area contributed by atoms with E-state index in [9.17, 15) is 4.79 Å². The summed E-state index contributed by atoms with van der Waals surface area (Å²) in [4.78, 5) is 18.8. The van der Waals surface area contributed by atoms with Gasteiger partial charge >= 0.3 is 0 Å². The second-order valence-electron chi connectivity index (χ2n) is 6.51. The molecule has 0 aliphatic carbocycles. The molecule has 1 atom stereocenters. The summed E-state index contributed by atoms with van der Waals surface area (Å²) in [5.74, 6) is 0.786. The molecule has 5 heteroatoms. The quantitative estimate of drug-likeness (QED) is 0.715. The molecule has 1 N–H and O–H groups in total. The van der Waals surface area contributed by atoms with E-state index < -0.39 is 0 Å². The van der Waals surface area contributed by atoms with E-state index in [0.29, 0.717) is 11.3 Å². The van der Waals surface area contributed by atoms with E-state index in [1.807, 2.05) is 56.4 Å². The molecule has 3 rings (SSSR count). The Balaban J connectivity index is 1.68. The Hall–Kier alpha value is -2.92. The van der Waals surface area contributed by atoms with E-state index in [0.717, 1.165) is 23.4 Å². The third kappa shape index (κ3) is 4.37. The van der Waals surface area contributed by atoms with Gasteiger partial charge in [-0.05, 0) is 62.4 Å². The standard InChI is InChI=1S/C21H23N3O2/c1-15-10-19(13-22-12-15)23-21(25)18-7-4-6-17(11-18)14-24(3)16(2)20-8-5-9-26-20/h4-13,16H,14H2,1-3H3,(H,23,25)/t16-/m0/s1. The summed E-state index contributed by atoms with van der Waals surface area (Å²) in [6.07, 6.45) is 5.09. The summed E-state index contributed by atoms with van der Waals surface area (Å²) >= 11 is 0. The Kier molecular flexibility index (Phi) is 5.49. The SMILES string of the molecule is Cc1cncc(NC(=O)c2cccc(CN(C)[C@@H](C)c3ccco3)c2)c1. The number of hydrogen-bond donors (Lipinski definition) is 1. The molecule has 0 aliphatic heterocycles. The van der Waals surface area contributed by atoms with Gasteiger partial charge in [0.05, 0.1) is 24.2 Å². The molecule has 26 heavy (non-hydrogen) atoms. The molecule has 2 aromatic heterocycles. The van der Waals surface area contributed by atoms with Gasteiger partial charge in [-0.3, -0.25) is 14.7 Å². The van der Waals surface area contributed by atoms with Crippen molar-refractivity contribution in [3.05, 3.63) is 83.6 Å². The number of carbonyl (C=O) groups excluding carboxylic acids is 1. The highest BCUT2D eigenvalue weighted by molar-refractivity contribution is 6.04. The van der Waals surface area contributed by atoms with Gasteiger partial charge in [0.2, 0.25) is 0 Å². The third-order valence-electron chi connectivity index (χ3n) is 4.37. The van der Waals surface area contributed by atoms with E-state index >= 15 is 0 Å². The number of anilines is 1. The molecule has 0 bridgehead atoms. The first kappa shape index (κ1) is 17.9. The Bertz CT molecular complexity index is 874. The average Bonchev–Trinajstić information content (AvgIpc) is 3.16. The minimum absolute atomic E-state index is 0.138. The van der Waals surface area contributed by atoms with Gasteiger partial charge in [0.25, 0.3) is 5.91 Å². The Morgan fingerprint density at radius 2 is 2.08 bits per heavy atom. The van der Waals surface area contributed by atoms with Gasteiger partial charge in [-0.1, -0.05) is 12.1 Å². The van der Waals surface area contributed by atoms with Crippen molar-refractivity contribution in [2.75, 3.05) is 12.4 Å². The van der Waals surface area contributed by atoms with E-state index in [-0.39, 0.29) is 11.9 Å². The number of nitrogens with one attached hydrogen (secondary N) is 1. The molecule has 2 heterocycles. The minimum atomic E-state index is -0.138. The topological polar surface area (TPSA) is 58.4 Å². The number of benzene rings is 1. The van der Waals surface area contributed by atoms with Gasteiger partial charge < -0.3 is 9.73 Å². The van der Waals surface area contributed by atoms with Crippen LogP contribution >= 0.6 is 0 Å². The molecule has 0 fully saturated rings. The molecule has 0 aliphatic rings. The van der Waals surface area contributed by atoms with Crippen LogP contribution in [0.25, 0.3) is 0 Å². The number of furan rings is 1. The number of hydrogen-bond acceptors (Lipinski definition) is 4. The van der Waals surface area contributed by atoms with Gasteiger partial charge in [0.1, 0.15) is 5.76 Å². The third-order valence-corrected chi connectivity index (χ3v) is 4.37. The first-order valence-electron chi connectivity index (χ1n) is 8.58. The van der Waals surface area contributed by atoms with Crippen LogP contribution in [0.1, 0.15) is 40.2 Å². The molecule has 1 aromatic carbocycles. The fourth-order valence-corrected chi connectivity index (χ4v) is 2.81. The maximum absolute atomic E-state index is 12.5. The summed E-state index contributed by atoms with van der Waals surface area (Å²) in [6, 6.07) is 13.6. The zero-order chi connectivity index (χ0) is 18.5. The molecule has 1 amide bonds. The molecule has 5 nitrogen and oxygen atoms in total. The maximum Gasteiger partial charge on any atom is 0.255 e. The molecular formula is C21H23N3O2. The zero-order valence-corrected chi connectivity index (χ0v) is 15.3. The van der Waals surface area contributed by atoms with Gasteiger partial charge in [-0.25, -0.2) is 0 Å². The van der Waals surface area contributed by atoms with Crippen molar-refractivity contribution in [3.63, 3.8) is 0 Å². The van der Waals surface area contributed by atoms with Crippen LogP contribution in [0, 0.1) is 6.92 Å². The van der Waals surface area contributed by atoms with Gasteiger partial charge in [-0.2, -0.15) is 0 Å². The Labute approximate surface area is 153 Å². The van der Waals surface area contributed by atoms with Crippen LogP contribution in [0.15, 0.2) is 65.5 Å². The van der Waals surface area contributed by atoms with Crippen molar-refractivity contribution in [1.29, 1.82) is 0 Å². The van der Waals surface area contributed by atoms with Gasteiger partial charge in [0, 0.05) is 18.3 Å². The molecule has 134 valence electrons. The smallest absolute Gasteiger partial charge is 0.255 e. The fraction of sp³-hybridized carbons (Fsp3) is 0.238. The summed E-state index contributed by atoms with van der Waals surface area (Å²) in [5.41, 5.74) is 3.40. The van der Waals surface area contributed by atoms with Crippen LogP contribution < -0.4 is 5.32 Å². The predicted molar refractivity (Wildman–Crippen MR) is 102 cm³/mol. The average molecular weight is 349 g/mol. The second kappa shape index (κ2) is 7.97. The highest BCUT2D eigenvalue weighted by Gasteiger charge is 2.15. The van der Waals surface area contributed by atoms with Crippen LogP contribution in [0.2, 0.25) is 0 Å². The number of aryl methyl sites for hydroxylation is 1. The largest absolute Gasteiger partial charge is 0.468 e. The van der Waals surface area contributed by atoms with E-state index in [4.69, 9.17) is 4.42 Å². The van der Waals surface area contributed by atoms with E-state index in [1.54, 1.807) is 18.7 Å². The molecule has 0 spiro atoms. The van der Waals surface area contributed by atoms with Crippen LogP contribution in [-0.2, 0) is 6.54 Å². The Morgan fingerprint density at radius 3 is 2.81 bits per heavy atom. The lowest BCUT2D eigenvalue weighted by atomic mass is 10.1. The molecule has 0 radical (unpaired) electrons. The number of carbonyl (C=O) groups is 1. The van der Waals surface area contributed by atoms with Crippen molar-refractivity contribution < 1.29 is 9.21 Å². The van der Waals surface area contributed by atoms with Gasteiger partial charge in [-0.15, -0.1) is 0 Å². The lowest BCUT2D eigenvalue weighted by Crippen LogP contribution is -2.22. The van der Waals surface area contributed by atoms with Crippen molar-refractivity contribution in [3.8, 4) is 0 Å². The monoisotopic (exact) mass is 349 g/mol. The summed E-state index contributed by atoms with van der Waals surface area (Å²) in [5, 5.41) is 2.89. The molecule has 0 unspecified atom stereocenters. The highest BCUT2D eigenvalue weighted by atomic mass is 16.3.